The zero-order valence-corrected chi connectivity index (χ0v) is 10.1. The first-order valence-electron chi connectivity index (χ1n) is 5.32. The topological polar surface area (TPSA) is 45.1 Å². The van der Waals surface area contributed by atoms with Crippen LogP contribution >= 0.6 is 15.9 Å². The molecule has 1 aromatic heterocycles. The van der Waals surface area contributed by atoms with Crippen LogP contribution in [0.5, 0.6) is 0 Å². The summed E-state index contributed by atoms with van der Waals surface area (Å²) in [4.78, 5) is 4.24. The molecule has 0 aromatic carbocycles. The minimum absolute atomic E-state index is 0.160. The lowest BCUT2D eigenvalue weighted by atomic mass is 9.92. The predicted molar refractivity (Wildman–Crippen MR) is 63.8 cm³/mol. The molecule has 1 heterocycles. The monoisotopic (exact) mass is 270 g/mol. The van der Waals surface area contributed by atoms with Gasteiger partial charge < -0.3 is 10.4 Å². The van der Waals surface area contributed by atoms with Crippen LogP contribution in [0.1, 0.15) is 25.7 Å². The minimum Gasteiger partial charge on any atom is -0.391 e. The molecule has 1 aliphatic rings. The van der Waals surface area contributed by atoms with Crippen molar-refractivity contribution < 1.29 is 5.11 Å². The highest BCUT2D eigenvalue weighted by atomic mass is 79.9. The van der Waals surface area contributed by atoms with Crippen LogP contribution in [0.25, 0.3) is 0 Å². The summed E-state index contributed by atoms with van der Waals surface area (Å²) in [5.41, 5.74) is 0. The number of aliphatic hydroxyl groups excluding tert-OH is 1. The fourth-order valence-electron chi connectivity index (χ4n) is 1.93. The Bertz CT molecular complexity index is 315. The highest BCUT2D eigenvalue weighted by Crippen LogP contribution is 2.21. The third-order valence-corrected chi connectivity index (χ3v) is 3.26. The van der Waals surface area contributed by atoms with Crippen molar-refractivity contribution in [2.24, 2.45) is 0 Å². The van der Waals surface area contributed by atoms with Gasteiger partial charge in [0.2, 0.25) is 0 Å². The molecule has 3 nitrogen and oxygen atoms in total. The summed E-state index contributed by atoms with van der Waals surface area (Å²) < 4.78 is 0.970. The predicted octanol–water partition coefficient (Wildman–Crippen LogP) is 2.56. The molecule has 0 bridgehead atoms. The molecule has 82 valence electrons. The molecule has 15 heavy (non-hydrogen) atoms. The molecule has 2 unspecified atom stereocenters. The van der Waals surface area contributed by atoms with E-state index in [0.717, 1.165) is 29.6 Å². The van der Waals surface area contributed by atoms with Gasteiger partial charge in [0.1, 0.15) is 5.82 Å². The first kappa shape index (κ1) is 10.9. The second kappa shape index (κ2) is 4.94. The van der Waals surface area contributed by atoms with Gasteiger partial charge in [-0.3, -0.25) is 0 Å². The highest BCUT2D eigenvalue weighted by Gasteiger charge is 2.22. The van der Waals surface area contributed by atoms with Gasteiger partial charge in [0.25, 0.3) is 0 Å². The van der Waals surface area contributed by atoms with Gasteiger partial charge in [0, 0.05) is 10.7 Å². The number of nitrogens with zero attached hydrogens (tertiary/aromatic N) is 1. The van der Waals surface area contributed by atoms with E-state index in [2.05, 4.69) is 26.2 Å². The standard InChI is InChI=1S/C11H15BrN2O/c12-8-5-6-11(13-7-8)14-9-3-1-2-4-10(9)15/h5-7,9-10,15H,1-4H2,(H,13,14). The van der Waals surface area contributed by atoms with Crippen molar-refractivity contribution in [2.75, 3.05) is 5.32 Å². The Balaban J connectivity index is 1.98. The second-order valence-corrected chi connectivity index (χ2v) is 4.88. The van der Waals surface area contributed by atoms with Gasteiger partial charge >= 0.3 is 0 Å². The van der Waals surface area contributed by atoms with Crippen molar-refractivity contribution in [2.45, 2.75) is 37.8 Å². The van der Waals surface area contributed by atoms with Crippen molar-refractivity contribution >= 4 is 21.7 Å². The van der Waals surface area contributed by atoms with E-state index < -0.39 is 0 Å². The first-order chi connectivity index (χ1) is 7.25. The number of rotatable bonds is 2. The fourth-order valence-corrected chi connectivity index (χ4v) is 2.17. The Morgan fingerprint density at radius 2 is 2.13 bits per heavy atom. The van der Waals surface area contributed by atoms with Crippen molar-refractivity contribution in [1.82, 2.24) is 4.98 Å². The summed E-state index contributed by atoms with van der Waals surface area (Å²) in [7, 11) is 0. The maximum atomic E-state index is 9.79. The number of anilines is 1. The van der Waals surface area contributed by atoms with E-state index in [1.165, 1.54) is 6.42 Å². The van der Waals surface area contributed by atoms with Crippen LogP contribution in [0.3, 0.4) is 0 Å². The van der Waals surface area contributed by atoms with Gasteiger partial charge in [-0.15, -0.1) is 0 Å². The summed E-state index contributed by atoms with van der Waals surface area (Å²) in [6.07, 6.45) is 5.77. The van der Waals surface area contributed by atoms with E-state index in [1.807, 2.05) is 12.1 Å². The van der Waals surface area contributed by atoms with E-state index in [0.29, 0.717) is 0 Å². The number of aromatic nitrogens is 1. The lowest BCUT2D eigenvalue weighted by Crippen LogP contribution is -2.36. The molecule has 2 N–H and O–H groups in total. The smallest absolute Gasteiger partial charge is 0.126 e. The molecule has 2 rings (SSSR count). The summed E-state index contributed by atoms with van der Waals surface area (Å²) in [6, 6.07) is 4.03. The molecule has 4 heteroatoms. The van der Waals surface area contributed by atoms with Gasteiger partial charge in [0.15, 0.2) is 0 Å². The Labute approximate surface area is 98.0 Å². The quantitative estimate of drug-likeness (QED) is 0.869. The number of hydrogen-bond acceptors (Lipinski definition) is 3. The van der Waals surface area contributed by atoms with Gasteiger partial charge in [-0.25, -0.2) is 4.98 Å². The number of hydrogen-bond donors (Lipinski definition) is 2. The van der Waals surface area contributed by atoms with Gasteiger partial charge in [-0.2, -0.15) is 0 Å². The normalized spacial score (nSPS) is 26.3. The second-order valence-electron chi connectivity index (χ2n) is 3.96. The zero-order valence-electron chi connectivity index (χ0n) is 8.49. The summed E-state index contributed by atoms with van der Waals surface area (Å²) in [5, 5.41) is 13.1. The van der Waals surface area contributed by atoms with Crippen molar-refractivity contribution in [1.29, 1.82) is 0 Å². The van der Waals surface area contributed by atoms with Crippen molar-refractivity contribution in [3.05, 3.63) is 22.8 Å². The molecule has 0 aliphatic heterocycles. The highest BCUT2D eigenvalue weighted by molar-refractivity contribution is 9.10. The number of nitrogens with one attached hydrogen (secondary N) is 1. The van der Waals surface area contributed by atoms with Gasteiger partial charge in [-0.1, -0.05) is 12.8 Å². The lowest BCUT2D eigenvalue weighted by Gasteiger charge is -2.28. The number of halogens is 1. The number of aliphatic hydroxyl groups is 1. The van der Waals surface area contributed by atoms with Gasteiger partial charge in [-0.05, 0) is 40.9 Å². The average Bonchev–Trinajstić information content (AvgIpc) is 2.25. The first-order valence-corrected chi connectivity index (χ1v) is 6.11. The summed E-state index contributed by atoms with van der Waals surface area (Å²) >= 11 is 3.34. The molecule has 0 saturated heterocycles. The molecule has 0 amide bonds. The largest absolute Gasteiger partial charge is 0.391 e. The third kappa shape index (κ3) is 2.92. The van der Waals surface area contributed by atoms with E-state index >= 15 is 0 Å². The van der Waals surface area contributed by atoms with Crippen molar-refractivity contribution in [3.63, 3.8) is 0 Å². The minimum atomic E-state index is -0.232. The molecule has 0 spiro atoms. The Kier molecular flexibility index (Phi) is 3.59. The maximum absolute atomic E-state index is 9.79. The van der Waals surface area contributed by atoms with Crippen LogP contribution in [0.15, 0.2) is 22.8 Å². The molecule has 2 atom stereocenters. The van der Waals surface area contributed by atoms with Crippen LogP contribution in [0.4, 0.5) is 5.82 Å². The van der Waals surface area contributed by atoms with Crippen molar-refractivity contribution in [3.8, 4) is 0 Å². The SMILES string of the molecule is OC1CCCCC1Nc1ccc(Br)cn1. The zero-order chi connectivity index (χ0) is 10.7. The van der Waals surface area contributed by atoms with Crippen LogP contribution in [-0.4, -0.2) is 22.2 Å². The molecule has 1 aliphatic carbocycles. The third-order valence-electron chi connectivity index (χ3n) is 2.79. The van der Waals surface area contributed by atoms with Crippen LogP contribution in [-0.2, 0) is 0 Å². The van der Waals surface area contributed by atoms with E-state index in [9.17, 15) is 5.11 Å². The van der Waals surface area contributed by atoms with Crippen LogP contribution in [0, 0.1) is 0 Å². The average molecular weight is 271 g/mol. The van der Waals surface area contributed by atoms with E-state index in [4.69, 9.17) is 0 Å². The molecule has 1 fully saturated rings. The Morgan fingerprint density at radius 3 is 2.80 bits per heavy atom. The van der Waals surface area contributed by atoms with Crippen LogP contribution in [0.2, 0.25) is 0 Å². The van der Waals surface area contributed by atoms with E-state index in [-0.39, 0.29) is 12.1 Å². The van der Waals surface area contributed by atoms with Gasteiger partial charge in [0.05, 0.1) is 12.1 Å². The molecule has 0 radical (unpaired) electrons. The number of pyridine rings is 1. The molecular weight excluding hydrogens is 256 g/mol. The molecule has 1 aromatic rings. The maximum Gasteiger partial charge on any atom is 0.126 e. The summed E-state index contributed by atoms with van der Waals surface area (Å²) in [6.45, 7) is 0. The summed E-state index contributed by atoms with van der Waals surface area (Å²) in [5.74, 6) is 0.837. The van der Waals surface area contributed by atoms with E-state index in [1.54, 1.807) is 6.20 Å². The Morgan fingerprint density at radius 1 is 1.33 bits per heavy atom. The molecule has 1 saturated carbocycles. The lowest BCUT2D eigenvalue weighted by molar-refractivity contribution is 0.116. The Hall–Kier alpha value is -0.610. The molecular formula is C11H15BrN2O. The fraction of sp³-hybridized carbons (Fsp3) is 0.545. The van der Waals surface area contributed by atoms with Crippen LogP contribution < -0.4 is 5.32 Å².